The fraction of sp³-hybridized carbons (Fsp3) is 0.944. The molecule has 6 atom stereocenters. The first-order valence-electron chi connectivity index (χ1n) is 8.63. The van der Waals surface area contributed by atoms with Crippen molar-refractivity contribution in [3.63, 3.8) is 0 Å². The molecule has 4 nitrogen and oxygen atoms in total. The Balaban J connectivity index is 2.20. The Morgan fingerprint density at radius 2 is 1.61 bits per heavy atom. The van der Waals surface area contributed by atoms with Crippen molar-refractivity contribution in [2.75, 3.05) is 0 Å². The quantitative estimate of drug-likeness (QED) is 0.393. The number of carbonyl (C=O) groups excluding carboxylic acids is 1. The van der Waals surface area contributed by atoms with Crippen molar-refractivity contribution >= 4 is 28.6 Å². The highest BCUT2D eigenvalue weighted by atomic mass is 127. The lowest BCUT2D eigenvalue weighted by Crippen LogP contribution is -2.52. The van der Waals surface area contributed by atoms with Crippen molar-refractivity contribution in [1.82, 2.24) is 0 Å². The average Bonchev–Trinajstić information content (AvgIpc) is 2.94. The molecule has 0 spiro atoms. The third-order valence-corrected chi connectivity index (χ3v) is 7.13. The molecule has 0 saturated heterocycles. The summed E-state index contributed by atoms with van der Waals surface area (Å²) < 4.78 is 5.35. The van der Waals surface area contributed by atoms with Crippen molar-refractivity contribution in [2.45, 2.75) is 81.5 Å². The molecule has 0 radical (unpaired) electrons. The number of rotatable bonds is 5. The number of halogens is 1. The van der Waals surface area contributed by atoms with Crippen molar-refractivity contribution in [1.29, 1.82) is 0 Å². The zero-order valence-corrected chi connectivity index (χ0v) is 17.3. The Morgan fingerprint density at radius 3 is 2.04 bits per heavy atom. The molecule has 2 saturated carbocycles. The molecule has 2 rings (SSSR count). The van der Waals surface area contributed by atoms with Gasteiger partial charge < -0.3 is 14.9 Å². The van der Waals surface area contributed by atoms with Gasteiger partial charge in [-0.1, -0.05) is 29.5 Å². The molecule has 0 aliphatic heterocycles. The van der Waals surface area contributed by atoms with E-state index in [0.29, 0.717) is 5.92 Å². The number of alkyl halides is 1. The van der Waals surface area contributed by atoms with E-state index in [1.807, 2.05) is 41.5 Å². The topological polar surface area (TPSA) is 66.8 Å². The number of aliphatic hydroxyl groups is 2. The SMILES string of the molecule is CCC(C)(I)C(=O)O[C@H]1C[C@H]2C[C@@H]1[C@H](C(C)(C)O)[C@@H]2C(C)(C)O. The highest BCUT2D eigenvalue weighted by Gasteiger charge is 2.61. The number of esters is 1. The monoisotopic (exact) mass is 438 g/mol. The molecule has 0 aromatic heterocycles. The first kappa shape index (κ1) is 19.4. The Bertz CT molecular complexity index is 461. The molecular weight excluding hydrogens is 407 g/mol. The van der Waals surface area contributed by atoms with E-state index >= 15 is 0 Å². The van der Waals surface area contributed by atoms with Gasteiger partial charge >= 0.3 is 5.97 Å². The molecule has 2 aliphatic rings. The van der Waals surface area contributed by atoms with Crippen molar-refractivity contribution < 1.29 is 19.7 Å². The smallest absolute Gasteiger partial charge is 0.322 e. The van der Waals surface area contributed by atoms with Crippen LogP contribution in [0.5, 0.6) is 0 Å². The summed E-state index contributed by atoms with van der Waals surface area (Å²) in [4.78, 5) is 12.4. The highest BCUT2D eigenvalue weighted by molar-refractivity contribution is 14.1. The maximum absolute atomic E-state index is 12.4. The highest BCUT2D eigenvalue weighted by Crippen LogP contribution is 2.59. The molecule has 2 fully saturated rings. The molecular formula is C18H31IO4. The minimum absolute atomic E-state index is 0.0413. The molecule has 134 valence electrons. The Kier molecular flexibility index (Phi) is 5.18. The Morgan fingerprint density at radius 1 is 1.09 bits per heavy atom. The number of hydrogen-bond acceptors (Lipinski definition) is 4. The summed E-state index contributed by atoms with van der Waals surface area (Å²) in [6.07, 6.45) is 2.32. The third kappa shape index (κ3) is 3.71. The fourth-order valence-corrected chi connectivity index (χ4v) is 4.95. The zero-order valence-electron chi connectivity index (χ0n) is 15.1. The van der Waals surface area contributed by atoms with Crippen molar-refractivity contribution in [3.8, 4) is 0 Å². The summed E-state index contributed by atoms with van der Waals surface area (Å²) in [5.74, 6) is 0.258. The van der Waals surface area contributed by atoms with Gasteiger partial charge in [-0.15, -0.1) is 0 Å². The predicted octanol–water partition coefficient (Wildman–Crippen LogP) is 3.32. The minimum Gasteiger partial charge on any atom is -0.461 e. The first-order valence-corrected chi connectivity index (χ1v) is 9.71. The van der Waals surface area contributed by atoms with E-state index < -0.39 is 14.6 Å². The number of hydrogen-bond donors (Lipinski definition) is 2. The van der Waals surface area contributed by atoms with Crippen LogP contribution in [-0.4, -0.2) is 36.9 Å². The second-order valence-electron chi connectivity index (χ2n) is 8.75. The average molecular weight is 438 g/mol. The van der Waals surface area contributed by atoms with Gasteiger partial charge in [-0.3, -0.25) is 4.79 Å². The Labute approximate surface area is 153 Å². The van der Waals surface area contributed by atoms with Crippen LogP contribution in [-0.2, 0) is 9.53 Å². The molecule has 2 N–H and O–H groups in total. The Hall–Kier alpha value is 0.120. The lowest BCUT2D eigenvalue weighted by molar-refractivity contribution is -0.165. The summed E-state index contributed by atoms with van der Waals surface area (Å²) in [6.45, 7) is 11.2. The van der Waals surface area contributed by atoms with Gasteiger partial charge in [0, 0.05) is 5.92 Å². The molecule has 1 unspecified atom stereocenters. The van der Waals surface area contributed by atoms with E-state index in [4.69, 9.17) is 4.74 Å². The van der Waals surface area contributed by atoms with E-state index in [0.717, 1.165) is 19.3 Å². The first-order chi connectivity index (χ1) is 10.3. The van der Waals surface area contributed by atoms with Crippen molar-refractivity contribution in [3.05, 3.63) is 0 Å². The third-order valence-electron chi connectivity index (χ3n) is 5.92. The summed E-state index contributed by atoms with van der Waals surface area (Å²) in [5, 5.41) is 21.3. The van der Waals surface area contributed by atoms with Crippen LogP contribution in [0.25, 0.3) is 0 Å². The van der Waals surface area contributed by atoms with Crippen LogP contribution in [0.4, 0.5) is 0 Å². The molecule has 0 aromatic rings. The molecule has 0 aromatic carbocycles. The van der Waals surface area contributed by atoms with E-state index in [-0.39, 0.29) is 29.8 Å². The van der Waals surface area contributed by atoms with Crippen LogP contribution in [0.15, 0.2) is 0 Å². The fourth-order valence-electron chi connectivity index (χ4n) is 4.82. The molecule has 0 heterocycles. The van der Waals surface area contributed by atoms with Crippen LogP contribution in [0.2, 0.25) is 0 Å². The van der Waals surface area contributed by atoms with Gasteiger partial charge in [-0.05, 0) is 71.6 Å². The van der Waals surface area contributed by atoms with Gasteiger partial charge in [0.2, 0.25) is 0 Å². The second-order valence-corrected chi connectivity index (χ2v) is 11.1. The van der Waals surface area contributed by atoms with Crippen LogP contribution in [0.3, 0.4) is 0 Å². The van der Waals surface area contributed by atoms with Gasteiger partial charge in [-0.2, -0.15) is 0 Å². The summed E-state index contributed by atoms with van der Waals surface area (Å²) in [6, 6.07) is 0. The van der Waals surface area contributed by atoms with Gasteiger partial charge in [0.05, 0.1) is 11.2 Å². The van der Waals surface area contributed by atoms with Crippen LogP contribution >= 0.6 is 22.6 Å². The molecule has 2 aliphatic carbocycles. The maximum atomic E-state index is 12.4. The largest absolute Gasteiger partial charge is 0.461 e. The van der Waals surface area contributed by atoms with Gasteiger partial charge in [0.15, 0.2) is 0 Å². The summed E-state index contributed by atoms with van der Waals surface area (Å²) in [5.41, 5.74) is -1.73. The minimum atomic E-state index is -0.895. The lowest BCUT2D eigenvalue weighted by Gasteiger charge is -2.46. The number of carbonyl (C=O) groups is 1. The lowest BCUT2D eigenvalue weighted by atomic mass is 9.65. The standard InChI is InChI=1S/C18H31IO4/c1-7-18(6,19)15(20)23-12-9-10-8-11(12)14(17(4,5)22)13(10)16(2,3)21/h10-14,21-22H,7-9H2,1-6H3/t10-,11+,12+,13-,14+,18?/m1/s1. The van der Waals surface area contributed by atoms with Crippen LogP contribution < -0.4 is 0 Å². The number of ether oxygens (including phenoxy) is 1. The van der Waals surface area contributed by atoms with E-state index in [1.165, 1.54) is 0 Å². The molecule has 5 heteroatoms. The normalized spacial score (nSPS) is 36.8. The van der Waals surface area contributed by atoms with E-state index in [2.05, 4.69) is 22.6 Å². The van der Waals surface area contributed by atoms with Gasteiger partial charge in [0.25, 0.3) is 0 Å². The number of fused-ring (bicyclic) bond motifs is 2. The van der Waals surface area contributed by atoms with Crippen molar-refractivity contribution in [2.24, 2.45) is 23.7 Å². The van der Waals surface area contributed by atoms with E-state index in [9.17, 15) is 15.0 Å². The molecule has 2 bridgehead atoms. The summed E-state index contributed by atoms with van der Waals surface area (Å²) >= 11 is 2.16. The second kappa shape index (κ2) is 6.13. The van der Waals surface area contributed by atoms with Gasteiger partial charge in [-0.25, -0.2) is 0 Å². The van der Waals surface area contributed by atoms with Crippen LogP contribution in [0.1, 0.15) is 60.8 Å². The van der Waals surface area contributed by atoms with Gasteiger partial charge in [0.1, 0.15) is 9.53 Å². The predicted molar refractivity (Wildman–Crippen MR) is 98.4 cm³/mol. The van der Waals surface area contributed by atoms with E-state index in [1.54, 1.807) is 0 Å². The maximum Gasteiger partial charge on any atom is 0.322 e. The molecule has 0 amide bonds. The van der Waals surface area contributed by atoms with Crippen LogP contribution in [0, 0.1) is 23.7 Å². The molecule has 23 heavy (non-hydrogen) atoms. The summed E-state index contributed by atoms with van der Waals surface area (Å²) in [7, 11) is 0. The zero-order chi connectivity index (χ0) is 17.8.